The normalized spacial score (nSPS) is 23.8. The van der Waals surface area contributed by atoms with Crippen LogP contribution >= 0.6 is 0 Å². The third-order valence-electron chi connectivity index (χ3n) is 2.87. The van der Waals surface area contributed by atoms with E-state index in [2.05, 4.69) is 11.9 Å². The van der Waals surface area contributed by atoms with Crippen molar-refractivity contribution >= 4 is 0 Å². The van der Waals surface area contributed by atoms with Crippen molar-refractivity contribution in [2.45, 2.75) is 18.4 Å². The molecule has 0 unspecified atom stereocenters. The number of hydrazine groups is 1. The SMILES string of the molecule is COC1(CN(C)N)CCN(C)CC1. The average molecular weight is 187 g/mol. The Labute approximate surface area is 80.6 Å². The second-order valence-corrected chi connectivity index (χ2v) is 4.11. The van der Waals surface area contributed by atoms with Gasteiger partial charge in [0.25, 0.3) is 0 Å². The maximum Gasteiger partial charge on any atom is 0.0843 e. The molecular formula is C9H21N3O. The number of nitrogens with zero attached hydrogens (tertiary/aromatic N) is 2. The molecule has 1 fully saturated rings. The molecular weight excluding hydrogens is 166 g/mol. The summed E-state index contributed by atoms with van der Waals surface area (Å²) in [5, 5.41) is 1.72. The largest absolute Gasteiger partial charge is 0.377 e. The van der Waals surface area contributed by atoms with Gasteiger partial charge in [-0.05, 0) is 19.9 Å². The molecule has 0 aliphatic carbocycles. The van der Waals surface area contributed by atoms with E-state index in [1.807, 2.05) is 7.05 Å². The van der Waals surface area contributed by atoms with Gasteiger partial charge in [-0.1, -0.05) is 0 Å². The zero-order valence-electron chi connectivity index (χ0n) is 8.92. The van der Waals surface area contributed by atoms with Crippen molar-refractivity contribution in [3.05, 3.63) is 0 Å². The molecule has 4 nitrogen and oxygen atoms in total. The highest BCUT2D eigenvalue weighted by molar-refractivity contribution is 4.88. The van der Waals surface area contributed by atoms with E-state index in [4.69, 9.17) is 10.6 Å². The van der Waals surface area contributed by atoms with E-state index in [9.17, 15) is 0 Å². The summed E-state index contributed by atoms with van der Waals surface area (Å²) in [6.45, 7) is 3.01. The van der Waals surface area contributed by atoms with E-state index in [0.29, 0.717) is 0 Å². The minimum atomic E-state index is -0.0178. The van der Waals surface area contributed by atoms with Crippen LogP contribution in [0.1, 0.15) is 12.8 Å². The number of nitrogens with two attached hydrogens (primary N) is 1. The second-order valence-electron chi connectivity index (χ2n) is 4.11. The lowest BCUT2D eigenvalue weighted by molar-refractivity contribution is -0.0699. The molecule has 0 bridgehead atoms. The third kappa shape index (κ3) is 2.91. The van der Waals surface area contributed by atoms with Gasteiger partial charge in [-0.25, -0.2) is 5.01 Å². The van der Waals surface area contributed by atoms with Crippen LogP contribution in [-0.2, 0) is 4.74 Å². The van der Waals surface area contributed by atoms with Crippen LogP contribution in [0.2, 0.25) is 0 Å². The lowest BCUT2D eigenvalue weighted by Gasteiger charge is -2.40. The summed E-state index contributed by atoms with van der Waals surface area (Å²) in [7, 11) is 5.82. The molecule has 1 saturated heterocycles. The molecule has 1 rings (SSSR count). The van der Waals surface area contributed by atoms with E-state index in [-0.39, 0.29) is 5.60 Å². The van der Waals surface area contributed by atoms with Crippen molar-refractivity contribution in [2.24, 2.45) is 5.84 Å². The van der Waals surface area contributed by atoms with Gasteiger partial charge in [0.1, 0.15) is 0 Å². The maximum atomic E-state index is 5.66. The first-order chi connectivity index (χ1) is 6.08. The lowest BCUT2D eigenvalue weighted by atomic mass is 9.91. The lowest BCUT2D eigenvalue weighted by Crippen LogP contribution is -2.52. The first-order valence-electron chi connectivity index (χ1n) is 4.77. The topological polar surface area (TPSA) is 41.7 Å². The first kappa shape index (κ1) is 10.9. The Morgan fingerprint density at radius 3 is 2.38 bits per heavy atom. The third-order valence-corrected chi connectivity index (χ3v) is 2.87. The molecule has 0 spiro atoms. The van der Waals surface area contributed by atoms with Crippen LogP contribution in [-0.4, -0.2) is 56.3 Å². The van der Waals surface area contributed by atoms with Gasteiger partial charge in [-0.2, -0.15) is 0 Å². The van der Waals surface area contributed by atoms with Crippen molar-refractivity contribution in [3.8, 4) is 0 Å². The summed E-state index contributed by atoms with van der Waals surface area (Å²) in [4.78, 5) is 2.33. The summed E-state index contributed by atoms with van der Waals surface area (Å²) in [6, 6.07) is 0. The molecule has 0 aromatic rings. The van der Waals surface area contributed by atoms with Crippen LogP contribution in [0.3, 0.4) is 0 Å². The van der Waals surface area contributed by atoms with Crippen molar-refractivity contribution < 1.29 is 4.74 Å². The summed E-state index contributed by atoms with van der Waals surface area (Å²) in [5.74, 6) is 5.66. The number of hydrogen-bond acceptors (Lipinski definition) is 4. The Morgan fingerprint density at radius 1 is 1.46 bits per heavy atom. The fourth-order valence-corrected chi connectivity index (χ4v) is 1.91. The minimum Gasteiger partial charge on any atom is -0.377 e. The molecule has 0 aromatic carbocycles. The van der Waals surface area contributed by atoms with Gasteiger partial charge < -0.3 is 9.64 Å². The Hall–Kier alpha value is -0.160. The fourth-order valence-electron chi connectivity index (χ4n) is 1.91. The first-order valence-corrected chi connectivity index (χ1v) is 4.77. The van der Waals surface area contributed by atoms with Crippen LogP contribution in [0.5, 0.6) is 0 Å². The van der Waals surface area contributed by atoms with E-state index in [1.165, 1.54) is 0 Å². The Balaban J connectivity index is 2.50. The summed E-state index contributed by atoms with van der Waals surface area (Å²) >= 11 is 0. The molecule has 1 heterocycles. The summed E-state index contributed by atoms with van der Waals surface area (Å²) in [5.41, 5.74) is -0.0178. The van der Waals surface area contributed by atoms with Gasteiger partial charge in [0, 0.05) is 33.8 Å². The van der Waals surface area contributed by atoms with Crippen molar-refractivity contribution in [3.63, 3.8) is 0 Å². The van der Waals surface area contributed by atoms with Gasteiger partial charge in [-0.3, -0.25) is 5.84 Å². The number of methoxy groups -OCH3 is 1. The highest BCUT2D eigenvalue weighted by Crippen LogP contribution is 2.25. The van der Waals surface area contributed by atoms with Gasteiger partial charge in [0.05, 0.1) is 5.60 Å². The molecule has 4 heteroatoms. The number of likely N-dealkylation sites (N-methyl/N-ethyl adjacent to an activating group) is 1. The molecule has 0 saturated carbocycles. The average Bonchev–Trinajstić information content (AvgIpc) is 2.09. The Kier molecular flexibility index (Phi) is 3.67. The van der Waals surface area contributed by atoms with Crippen molar-refractivity contribution in [1.29, 1.82) is 0 Å². The highest BCUT2D eigenvalue weighted by atomic mass is 16.5. The molecule has 0 aromatic heterocycles. The van der Waals surface area contributed by atoms with Crippen LogP contribution in [0, 0.1) is 0 Å². The Bertz CT molecular complexity index is 153. The Morgan fingerprint density at radius 2 is 2.00 bits per heavy atom. The number of rotatable bonds is 3. The van der Waals surface area contributed by atoms with Gasteiger partial charge >= 0.3 is 0 Å². The molecule has 0 radical (unpaired) electrons. The molecule has 2 N–H and O–H groups in total. The molecule has 1 aliphatic rings. The van der Waals surface area contributed by atoms with Gasteiger partial charge in [0.2, 0.25) is 0 Å². The van der Waals surface area contributed by atoms with Gasteiger partial charge in [0.15, 0.2) is 0 Å². The number of ether oxygens (including phenoxy) is 1. The predicted molar refractivity (Wildman–Crippen MR) is 53.3 cm³/mol. The number of piperidine rings is 1. The molecule has 0 atom stereocenters. The van der Waals surface area contributed by atoms with E-state index < -0.39 is 0 Å². The molecule has 0 amide bonds. The van der Waals surface area contributed by atoms with Gasteiger partial charge in [-0.15, -0.1) is 0 Å². The van der Waals surface area contributed by atoms with Crippen molar-refractivity contribution in [1.82, 2.24) is 9.91 Å². The van der Waals surface area contributed by atoms with Crippen LogP contribution < -0.4 is 5.84 Å². The highest BCUT2D eigenvalue weighted by Gasteiger charge is 2.34. The summed E-state index contributed by atoms with van der Waals surface area (Å²) < 4.78 is 5.59. The minimum absolute atomic E-state index is 0.0178. The predicted octanol–water partition coefficient (Wildman–Crippen LogP) is -0.0973. The van der Waals surface area contributed by atoms with Crippen LogP contribution in [0.4, 0.5) is 0 Å². The van der Waals surface area contributed by atoms with Crippen LogP contribution in [0.15, 0.2) is 0 Å². The molecule has 13 heavy (non-hydrogen) atoms. The smallest absolute Gasteiger partial charge is 0.0843 e. The van der Waals surface area contributed by atoms with E-state index >= 15 is 0 Å². The standard InChI is InChI=1S/C9H21N3O/c1-11-6-4-9(13-3,5-7-11)8-12(2)10/h4-8,10H2,1-3H3. The van der Waals surface area contributed by atoms with E-state index in [1.54, 1.807) is 12.1 Å². The zero-order valence-corrected chi connectivity index (χ0v) is 8.92. The zero-order chi connectivity index (χ0) is 9.90. The number of likely N-dealkylation sites (tertiary alicyclic amines) is 1. The summed E-state index contributed by atoms with van der Waals surface area (Å²) in [6.07, 6.45) is 2.14. The number of hydrogen-bond donors (Lipinski definition) is 1. The fraction of sp³-hybridized carbons (Fsp3) is 1.00. The quantitative estimate of drug-likeness (QED) is 0.495. The molecule has 78 valence electrons. The van der Waals surface area contributed by atoms with Crippen LogP contribution in [0.25, 0.3) is 0 Å². The van der Waals surface area contributed by atoms with E-state index in [0.717, 1.165) is 32.5 Å². The molecule has 1 aliphatic heterocycles. The maximum absolute atomic E-state index is 5.66. The monoisotopic (exact) mass is 187 g/mol. The van der Waals surface area contributed by atoms with Crippen molar-refractivity contribution in [2.75, 3.05) is 40.8 Å². The second kappa shape index (κ2) is 4.37.